The van der Waals surface area contributed by atoms with Gasteiger partial charge in [0.1, 0.15) is 5.82 Å². The molecule has 2 atom stereocenters. The fraction of sp³-hybridized carbons (Fsp3) is 0.625. The highest BCUT2D eigenvalue weighted by Crippen LogP contribution is 2.24. The van der Waals surface area contributed by atoms with E-state index in [1.54, 1.807) is 12.1 Å². The molecule has 0 spiro atoms. The Kier molecular flexibility index (Phi) is 5.52. The van der Waals surface area contributed by atoms with E-state index in [-0.39, 0.29) is 11.9 Å². The fourth-order valence-corrected chi connectivity index (χ4v) is 2.95. The van der Waals surface area contributed by atoms with Crippen LogP contribution in [-0.4, -0.2) is 56.1 Å². The van der Waals surface area contributed by atoms with Crippen LogP contribution < -0.4 is 5.32 Å². The van der Waals surface area contributed by atoms with Crippen LogP contribution in [0.3, 0.4) is 0 Å². The summed E-state index contributed by atoms with van der Waals surface area (Å²) in [4.78, 5) is 4.75. The summed E-state index contributed by atoms with van der Waals surface area (Å²) >= 11 is 0. The molecule has 1 aliphatic rings. The molecule has 20 heavy (non-hydrogen) atoms. The summed E-state index contributed by atoms with van der Waals surface area (Å²) in [7, 11) is 4.33. The lowest BCUT2D eigenvalue weighted by Crippen LogP contribution is -2.51. The Hall–Kier alpha value is -0.970. The van der Waals surface area contributed by atoms with Crippen molar-refractivity contribution in [2.24, 2.45) is 0 Å². The SMILES string of the molecule is CCNC(CC1CN(C)CCN1C)c1ccccc1F. The molecule has 0 amide bonds. The number of likely N-dealkylation sites (N-methyl/N-ethyl adjacent to an activating group) is 2. The summed E-state index contributed by atoms with van der Waals surface area (Å²) in [6, 6.07) is 7.67. The van der Waals surface area contributed by atoms with Crippen molar-refractivity contribution < 1.29 is 4.39 Å². The third-order valence-electron chi connectivity index (χ3n) is 4.22. The van der Waals surface area contributed by atoms with Crippen molar-refractivity contribution >= 4 is 0 Å². The molecule has 2 rings (SSSR count). The Morgan fingerprint density at radius 1 is 1.30 bits per heavy atom. The average Bonchev–Trinajstić information content (AvgIpc) is 2.43. The molecule has 1 heterocycles. The molecule has 0 aliphatic carbocycles. The van der Waals surface area contributed by atoms with Gasteiger partial charge in [0.05, 0.1) is 0 Å². The monoisotopic (exact) mass is 279 g/mol. The van der Waals surface area contributed by atoms with Crippen molar-refractivity contribution in [3.8, 4) is 0 Å². The summed E-state index contributed by atoms with van der Waals surface area (Å²) in [5.74, 6) is -0.106. The first-order valence-corrected chi connectivity index (χ1v) is 7.48. The van der Waals surface area contributed by atoms with Gasteiger partial charge >= 0.3 is 0 Å². The Balaban J connectivity index is 2.11. The summed E-state index contributed by atoms with van der Waals surface area (Å²) in [6.45, 7) is 6.17. The van der Waals surface area contributed by atoms with Crippen molar-refractivity contribution in [2.75, 3.05) is 40.3 Å². The number of rotatable bonds is 5. The molecule has 0 radical (unpaired) electrons. The van der Waals surface area contributed by atoms with E-state index >= 15 is 0 Å². The third-order valence-corrected chi connectivity index (χ3v) is 4.22. The minimum Gasteiger partial charge on any atom is -0.310 e. The normalized spacial score (nSPS) is 22.9. The maximum atomic E-state index is 14.0. The zero-order valence-corrected chi connectivity index (χ0v) is 12.8. The van der Waals surface area contributed by atoms with Crippen molar-refractivity contribution in [3.05, 3.63) is 35.6 Å². The maximum absolute atomic E-state index is 14.0. The van der Waals surface area contributed by atoms with Crippen LogP contribution in [0, 0.1) is 5.82 Å². The van der Waals surface area contributed by atoms with Gasteiger partial charge in [-0.25, -0.2) is 4.39 Å². The van der Waals surface area contributed by atoms with Gasteiger partial charge in [-0.05, 0) is 33.1 Å². The van der Waals surface area contributed by atoms with Gasteiger partial charge < -0.3 is 15.1 Å². The standard InChI is InChI=1S/C16H26FN3/c1-4-18-16(14-7-5-6-8-15(14)17)11-13-12-19(2)9-10-20(13)3/h5-8,13,16,18H,4,9-12H2,1-3H3. The van der Waals surface area contributed by atoms with Crippen LogP contribution in [-0.2, 0) is 0 Å². The van der Waals surface area contributed by atoms with Crippen LogP contribution in [0.5, 0.6) is 0 Å². The number of piperazine rings is 1. The first-order valence-electron chi connectivity index (χ1n) is 7.48. The number of nitrogens with zero attached hydrogens (tertiary/aromatic N) is 2. The van der Waals surface area contributed by atoms with E-state index in [9.17, 15) is 4.39 Å². The lowest BCUT2D eigenvalue weighted by molar-refractivity contribution is 0.101. The van der Waals surface area contributed by atoms with Crippen molar-refractivity contribution in [1.29, 1.82) is 0 Å². The van der Waals surface area contributed by atoms with E-state index < -0.39 is 0 Å². The van der Waals surface area contributed by atoms with E-state index in [0.29, 0.717) is 6.04 Å². The summed E-state index contributed by atoms with van der Waals surface area (Å²) < 4.78 is 14.0. The number of hydrogen-bond donors (Lipinski definition) is 1. The number of benzene rings is 1. The molecule has 0 bridgehead atoms. The molecule has 1 fully saturated rings. The molecule has 1 aromatic carbocycles. The molecule has 1 N–H and O–H groups in total. The van der Waals surface area contributed by atoms with Gasteiger partial charge in [0.2, 0.25) is 0 Å². The van der Waals surface area contributed by atoms with Crippen LogP contribution in [0.4, 0.5) is 4.39 Å². The van der Waals surface area contributed by atoms with E-state index in [1.807, 2.05) is 12.1 Å². The van der Waals surface area contributed by atoms with Gasteiger partial charge in [-0.2, -0.15) is 0 Å². The number of halogens is 1. The van der Waals surface area contributed by atoms with E-state index in [1.165, 1.54) is 0 Å². The van der Waals surface area contributed by atoms with Gasteiger partial charge in [-0.3, -0.25) is 0 Å². The molecule has 0 aromatic heterocycles. The average molecular weight is 279 g/mol. The first-order chi connectivity index (χ1) is 9.61. The summed E-state index contributed by atoms with van der Waals surface area (Å²) in [5.41, 5.74) is 0.788. The highest BCUT2D eigenvalue weighted by molar-refractivity contribution is 5.21. The van der Waals surface area contributed by atoms with Crippen molar-refractivity contribution in [3.63, 3.8) is 0 Å². The molecule has 2 unspecified atom stereocenters. The second-order valence-corrected chi connectivity index (χ2v) is 5.76. The molecule has 0 saturated carbocycles. The van der Waals surface area contributed by atoms with Crippen LogP contribution in [0.1, 0.15) is 24.9 Å². The fourth-order valence-electron chi connectivity index (χ4n) is 2.95. The zero-order valence-electron chi connectivity index (χ0n) is 12.8. The van der Waals surface area contributed by atoms with E-state index in [0.717, 1.165) is 38.2 Å². The zero-order chi connectivity index (χ0) is 14.5. The maximum Gasteiger partial charge on any atom is 0.127 e. The highest BCUT2D eigenvalue weighted by Gasteiger charge is 2.26. The van der Waals surface area contributed by atoms with Gasteiger partial charge in [0.15, 0.2) is 0 Å². The minimum atomic E-state index is -0.106. The van der Waals surface area contributed by atoms with Crippen LogP contribution in [0.25, 0.3) is 0 Å². The Morgan fingerprint density at radius 2 is 2.05 bits per heavy atom. The largest absolute Gasteiger partial charge is 0.310 e. The third kappa shape index (κ3) is 3.78. The van der Waals surface area contributed by atoms with Crippen molar-refractivity contribution in [2.45, 2.75) is 25.4 Å². The first kappa shape index (κ1) is 15.4. The van der Waals surface area contributed by atoms with Crippen LogP contribution >= 0.6 is 0 Å². The Morgan fingerprint density at radius 3 is 2.75 bits per heavy atom. The van der Waals surface area contributed by atoms with Gasteiger partial charge in [-0.15, -0.1) is 0 Å². The predicted molar refractivity (Wildman–Crippen MR) is 81.3 cm³/mol. The summed E-state index contributed by atoms with van der Waals surface area (Å²) in [6.07, 6.45) is 0.940. The minimum absolute atomic E-state index is 0.0835. The van der Waals surface area contributed by atoms with Crippen molar-refractivity contribution in [1.82, 2.24) is 15.1 Å². The van der Waals surface area contributed by atoms with E-state index in [4.69, 9.17) is 0 Å². The quantitative estimate of drug-likeness (QED) is 0.890. The van der Waals surface area contributed by atoms with Gasteiger partial charge in [0.25, 0.3) is 0 Å². The molecule has 4 heteroatoms. The predicted octanol–water partition coefficient (Wildman–Crippen LogP) is 2.11. The lowest BCUT2D eigenvalue weighted by atomic mass is 9.96. The molecular formula is C16H26FN3. The molecule has 112 valence electrons. The van der Waals surface area contributed by atoms with Gasteiger partial charge in [-0.1, -0.05) is 25.1 Å². The summed E-state index contributed by atoms with van der Waals surface area (Å²) in [5, 5.41) is 3.44. The molecular weight excluding hydrogens is 253 g/mol. The smallest absolute Gasteiger partial charge is 0.127 e. The van der Waals surface area contributed by atoms with E-state index in [2.05, 4.69) is 36.1 Å². The highest BCUT2D eigenvalue weighted by atomic mass is 19.1. The molecule has 1 aliphatic heterocycles. The lowest BCUT2D eigenvalue weighted by Gasteiger charge is -2.39. The molecule has 1 aromatic rings. The van der Waals surface area contributed by atoms with Gasteiger partial charge in [0, 0.05) is 37.3 Å². The second kappa shape index (κ2) is 7.16. The Labute approximate surface area is 121 Å². The topological polar surface area (TPSA) is 18.5 Å². The molecule has 1 saturated heterocycles. The van der Waals surface area contributed by atoms with Crippen LogP contribution in [0.15, 0.2) is 24.3 Å². The van der Waals surface area contributed by atoms with Crippen LogP contribution in [0.2, 0.25) is 0 Å². The number of hydrogen-bond acceptors (Lipinski definition) is 3. The number of nitrogens with one attached hydrogen (secondary N) is 1. The molecule has 3 nitrogen and oxygen atoms in total. The Bertz CT molecular complexity index is 424. The second-order valence-electron chi connectivity index (χ2n) is 5.76.